The summed E-state index contributed by atoms with van der Waals surface area (Å²) < 4.78 is 13.6. The fraction of sp³-hybridized carbons (Fsp3) is 0.188. The molecule has 1 unspecified atom stereocenters. The number of hydrogen-bond donors (Lipinski definition) is 2. The number of benzene rings is 2. The summed E-state index contributed by atoms with van der Waals surface area (Å²) >= 11 is 5.85. The lowest BCUT2D eigenvalue weighted by molar-refractivity contribution is -0.116. The predicted octanol–water partition coefficient (Wildman–Crippen LogP) is 3.90. The van der Waals surface area contributed by atoms with Crippen LogP contribution in [0.25, 0.3) is 0 Å². The highest BCUT2D eigenvalue weighted by Crippen LogP contribution is 2.25. The van der Waals surface area contributed by atoms with Gasteiger partial charge >= 0.3 is 0 Å². The first-order valence-corrected chi connectivity index (χ1v) is 7.00. The fourth-order valence-corrected chi connectivity index (χ4v) is 2.18. The van der Waals surface area contributed by atoms with E-state index in [1.165, 1.54) is 18.2 Å². The Morgan fingerprint density at radius 1 is 1.19 bits per heavy atom. The molecule has 3 N–H and O–H groups in total. The molecule has 0 saturated heterocycles. The van der Waals surface area contributed by atoms with Crippen LogP contribution in [0.3, 0.4) is 0 Å². The summed E-state index contributed by atoms with van der Waals surface area (Å²) in [5.41, 5.74) is 6.99. The maximum absolute atomic E-state index is 13.6. The lowest BCUT2D eigenvalue weighted by Gasteiger charge is -2.12. The Kier molecular flexibility index (Phi) is 5.31. The van der Waals surface area contributed by atoms with E-state index in [4.69, 9.17) is 17.3 Å². The van der Waals surface area contributed by atoms with Gasteiger partial charge in [-0.3, -0.25) is 4.79 Å². The van der Waals surface area contributed by atoms with Gasteiger partial charge in [0.15, 0.2) is 0 Å². The molecule has 0 aliphatic heterocycles. The summed E-state index contributed by atoms with van der Waals surface area (Å²) in [6, 6.07) is 13.6. The summed E-state index contributed by atoms with van der Waals surface area (Å²) in [7, 11) is 0. The van der Waals surface area contributed by atoms with Gasteiger partial charge in [-0.15, -0.1) is 0 Å². The number of nitrogens with two attached hydrogens (primary N) is 1. The quantitative estimate of drug-likeness (QED) is 0.880. The molecule has 0 spiro atoms. The van der Waals surface area contributed by atoms with Crippen LogP contribution >= 0.6 is 11.6 Å². The molecular formula is C16H16ClFN2O. The van der Waals surface area contributed by atoms with Gasteiger partial charge in [-0.1, -0.05) is 48.0 Å². The van der Waals surface area contributed by atoms with E-state index in [9.17, 15) is 9.18 Å². The van der Waals surface area contributed by atoms with Crippen molar-refractivity contribution in [2.75, 3.05) is 5.32 Å². The number of carbonyl (C=O) groups excluding carboxylic acids is 1. The van der Waals surface area contributed by atoms with Gasteiger partial charge in [0.1, 0.15) is 5.82 Å². The summed E-state index contributed by atoms with van der Waals surface area (Å²) in [5.74, 6) is -0.864. The van der Waals surface area contributed by atoms with Crippen LogP contribution in [0, 0.1) is 5.82 Å². The standard InChI is InChI=1S/C16H16ClFN2O/c17-12-7-4-8-13(18)16(12)20-15(21)10-9-14(19)11-5-2-1-3-6-11/h1-8,14H,9-10,19H2,(H,20,21). The van der Waals surface area contributed by atoms with E-state index < -0.39 is 5.82 Å². The second-order valence-corrected chi connectivity index (χ2v) is 5.11. The first-order valence-electron chi connectivity index (χ1n) is 6.62. The molecule has 2 rings (SSSR count). The minimum atomic E-state index is -0.553. The van der Waals surface area contributed by atoms with Crippen LogP contribution in [-0.2, 0) is 4.79 Å². The van der Waals surface area contributed by atoms with Gasteiger partial charge in [0.2, 0.25) is 5.91 Å². The van der Waals surface area contributed by atoms with E-state index in [2.05, 4.69) is 5.32 Å². The second-order valence-electron chi connectivity index (χ2n) is 4.70. The van der Waals surface area contributed by atoms with Crippen LogP contribution < -0.4 is 11.1 Å². The smallest absolute Gasteiger partial charge is 0.224 e. The molecule has 0 bridgehead atoms. The second kappa shape index (κ2) is 7.20. The molecule has 1 atom stereocenters. The molecule has 0 saturated carbocycles. The first kappa shape index (κ1) is 15.5. The highest BCUT2D eigenvalue weighted by Gasteiger charge is 2.12. The van der Waals surface area contributed by atoms with Crippen LogP contribution in [0.2, 0.25) is 5.02 Å². The highest BCUT2D eigenvalue weighted by molar-refractivity contribution is 6.33. The van der Waals surface area contributed by atoms with Crippen molar-refractivity contribution in [3.63, 3.8) is 0 Å². The molecule has 0 aliphatic carbocycles. The number of nitrogens with one attached hydrogen (secondary N) is 1. The van der Waals surface area contributed by atoms with E-state index in [0.717, 1.165) is 5.56 Å². The first-order chi connectivity index (χ1) is 10.1. The Morgan fingerprint density at radius 3 is 2.57 bits per heavy atom. The predicted molar refractivity (Wildman–Crippen MR) is 82.6 cm³/mol. The summed E-state index contributed by atoms with van der Waals surface area (Å²) in [5, 5.41) is 2.66. The Morgan fingerprint density at radius 2 is 1.90 bits per heavy atom. The van der Waals surface area contributed by atoms with E-state index in [1.54, 1.807) is 0 Å². The van der Waals surface area contributed by atoms with Crippen molar-refractivity contribution in [3.05, 3.63) is 64.9 Å². The normalized spacial score (nSPS) is 12.0. The minimum absolute atomic E-state index is 0.0115. The molecule has 0 aliphatic rings. The van der Waals surface area contributed by atoms with Crippen molar-refractivity contribution in [2.24, 2.45) is 5.73 Å². The SMILES string of the molecule is NC(CCC(=O)Nc1c(F)cccc1Cl)c1ccccc1. The molecule has 21 heavy (non-hydrogen) atoms. The molecule has 110 valence electrons. The van der Waals surface area contributed by atoms with Gasteiger partial charge in [-0.05, 0) is 24.1 Å². The van der Waals surface area contributed by atoms with Gasteiger partial charge in [-0.25, -0.2) is 4.39 Å². The van der Waals surface area contributed by atoms with Gasteiger partial charge in [-0.2, -0.15) is 0 Å². The number of amides is 1. The van der Waals surface area contributed by atoms with Crippen LogP contribution in [0.15, 0.2) is 48.5 Å². The minimum Gasteiger partial charge on any atom is -0.324 e. The van der Waals surface area contributed by atoms with Crippen molar-refractivity contribution >= 4 is 23.2 Å². The van der Waals surface area contributed by atoms with E-state index in [-0.39, 0.29) is 29.1 Å². The summed E-state index contributed by atoms with van der Waals surface area (Å²) in [6.07, 6.45) is 0.669. The van der Waals surface area contributed by atoms with Crippen LogP contribution in [-0.4, -0.2) is 5.91 Å². The molecule has 2 aromatic rings. The summed E-state index contributed by atoms with van der Waals surface area (Å²) in [4.78, 5) is 11.9. The average Bonchev–Trinajstić information content (AvgIpc) is 2.49. The van der Waals surface area contributed by atoms with Crippen molar-refractivity contribution in [1.82, 2.24) is 0 Å². The zero-order valence-corrected chi connectivity index (χ0v) is 12.1. The van der Waals surface area contributed by atoms with Crippen LogP contribution in [0.1, 0.15) is 24.4 Å². The average molecular weight is 307 g/mol. The monoisotopic (exact) mass is 306 g/mol. The van der Waals surface area contributed by atoms with Gasteiger partial charge < -0.3 is 11.1 Å². The van der Waals surface area contributed by atoms with Crippen molar-refractivity contribution in [2.45, 2.75) is 18.9 Å². The lowest BCUT2D eigenvalue weighted by Crippen LogP contribution is -2.17. The third-order valence-corrected chi connectivity index (χ3v) is 3.45. The zero-order valence-electron chi connectivity index (χ0n) is 11.4. The van der Waals surface area contributed by atoms with Crippen molar-refractivity contribution < 1.29 is 9.18 Å². The third-order valence-electron chi connectivity index (χ3n) is 3.14. The maximum atomic E-state index is 13.6. The van der Waals surface area contributed by atoms with Gasteiger partial charge in [0, 0.05) is 12.5 Å². The number of halogens is 2. The number of carbonyl (C=O) groups is 1. The maximum Gasteiger partial charge on any atom is 0.224 e. The fourth-order valence-electron chi connectivity index (χ4n) is 1.97. The number of anilines is 1. The van der Waals surface area contributed by atoms with E-state index in [0.29, 0.717) is 6.42 Å². The molecule has 3 nitrogen and oxygen atoms in total. The molecular weight excluding hydrogens is 291 g/mol. The topological polar surface area (TPSA) is 55.1 Å². The molecule has 0 radical (unpaired) electrons. The number of rotatable bonds is 5. The van der Waals surface area contributed by atoms with E-state index in [1.807, 2.05) is 30.3 Å². The Labute approximate surface area is 127 Å². The molecule has 5 heteroatoms. The number of hydrogen-bond acceptors (Lipinski definition) is 2. The van der Waals surface area contributed by atoms with Crippen molar-refractivity contribution in [1.29, 1.82) is 0 Å². The highest BCUT2D eigenvalue weighted by atomic mass is 35.5. The third kappa shape index (κ3) is 4.28. The number of para-hydroxylation sites is 1. The Bertz CT molecular complexity index is 599. The molecule has 0 heterocycles. The molecule has 1 amide bonds. The zero-order chi connectivity index (χ0) is 15.2. The Balaban J connectivity index is 1.91. The van der Waals surface area contributed by atoms with Gasteiger partial charge in [0.05, 0.1) is 10.7 Å². The van der Waals surface area contributed by atoms with Crippen LogP contribution in [0.4, 0.5) is 10.1 Å². The molecule has 2 aromatic carbocycles. The van der Waals surface area contributed by atoms with Crippen molar-refractivity contribution in [3.8, 4) is 0 Å². The van der Waals surface area contributed by atoms with Crippen LogP contribution in [0.5, 0.6) is 0 Å². The van der Waals surface area contributed by atoms with Gasteiger partial charge in [0.25, 0.3) is 0 Å². The largest absolute Gasteiger partial charge is 0.324 e. The molecule has 0 fully saturated rings. The molecule has 0 aromatic heterocycles. The lowest BCUT2D eigenvalue weighted by atomic mass is 10.0. The Hall–Kier alpha value is -1.91. The summed E-state index contributed by atoms with van der Waals surface area (Å²) in [6.45, 7) is 0. The van der Waals surface area contributed by atoms with E-state index >= 15 is 0 Å².